The quantitative estimate of drug-likeness (QED) is 0.541. The molecule has 27 heavy (non-hydrogen) atoms. The van der Waals surface area contributed by atoms with E-state index in [1.165, 1.54) is 6.21 Å². The molecular weight excluding hydrogens is 342 g/mol. The fraction of sp³-hybridized carbons (Fsp3) is 0.100. The van der Waals surface area contributed by atoms with Crippen LogP contribution in [0.25, 0.3) is 5.69 Å². The number of ether oxygens (including phenoxy) is 1. The molecule has 7 heteroatoms. The van der Waals surface area contributed by atoms with Gasteiger partial charge in [-0.25, -0.2) is 10.1 Å². The van der Waals surface area contributed by atoms with Crippen LogP contribution in [-0.4, -0.2) is 28.0 Å². The SMILES string of the molecule is C[C@H](Oc1ccc(C#N)cc1)C(=O)N/N=C\c1cnn(-c2ccccc2)c1. The number of para-hydroxylation sites is 1. The number of nitriles is 1. The topological polar surface area (TPSA) is 92.3 Å². The van der Waals surface area contributed by atoms with Gasteiger partial charge in [-0.05, 0) is 43.3 Å². The highest BCUT2D eigenvalue weighted by molar-refractivity contribution is 5.84. The van der Waals surface area contributed by atoms with Crippen molar-refractivity contribution in [2.75, 3.05) is 0 Å². The van der Waals surface area contributed by atoms with Gasteiger partial charge in [0.1, 0.15) is 5.75 Å². The lowest BCUT2D eigenvalue weighted by Gasteiger charge is -2.12. The Balaban J connectivity index is 1.53. The summed E-state index contributed by atoms with van der Waals surface area (Å²) in [5.74, 6) is 0.121. The third kappa shape index (κ3) is 4.80. The number of hydrogen-bond donors (Lipinski definition) is 1. The lowest BCUT2D eigenvalue weighted by Crippen LogP contribution is -2.33. The average molecular weight is 359 g/mol. The summed E-state index contributed by atoms with van der Waals surface area (Å²) in [6, 6.07) is 18.2. The Morgan fingerprint density at radius 2 is 2.00 bits per heavy atom. The molecule has 0 unspecified atom stereocenters. The van der Waals surface area contributed by atoms with Gasteiger partial charge < -0.3 is 4.74 Å². The van der Waals surface area contributed by atoms with Crippen LogP contribution in [-0.2, 0) is 4.79 Å². The van der Waals surface area contributed by atoms with Crippen LogP contribution in [0, 0.1) is 11.3 Å². The normalized spacial score (nSPS) is 11.7. The molecule has 1 aromatic heterocycles. The van der Waals surface area contributed by atoms with Crippen molar-refractivity contribution in [3.63, 3.8) is 0 Å². The molecule has 0 aliphatic carbocycles. The summed E-state index contributed by atoms with van der Waals surface area (Å²) in [5, 5.41) is 17.0. The van der Waals surface area contributed by atoms with Crippen molar-refractivity contribution in [2.24, 2.45) is 5.10 Å². The van der Waals surface area contributed by atoms with Gasteiger partial charge in [0.05, 0.1) is 29.7 Å². The summed E-state index contributed by atoms with van der Waals surface area (Å²) in [4.78, 5) is 12.1. The van der Waals surface area contributed by atoms with Gasteiger partial charge in [0, 0.05) is 11.8 Å². The number of rotatable bonds is 6. The van der Waals surface area contributed by atoms with Gasteiger partial charge in [-0.3, -0.25) is 4.79 Å². The van der Waals surface area contributed by atoms with Gasteiger partial charge in [-0.1, -0.05) is 18.2 Å². The van der Waals surface area contributed by atoms with Gasteiger partial charge in [-0.15, -0.1) is 0 Å². The molecule has 0 bridgehead atoms. The van der Waals surface area contributed by atoms with E-state index in [0.29, 0.717) is 11.3 Å². The highest BCUT2D eigenvalue weighted by Gasteiger charge is 2.13. The summed E-state index contributed by atoms with van der Waals surface area (Å²) in [6.07, 6.45) is 4.24. The maximum absolute atomic E-state index is 12.1. The minimum absolute atomic E-state index is 0.383. The van der Waals surface area contributed by atoms with Crippen molar-refractivity contribution >= 4 is 12.1 Å². The fourth-order valence-electron chi connectivity index (χ4n) is 2.25. The lowest BCUT2D eigenvalue weighted by atomic mass is 10.2. The first-order valence-electron chi connectivity index (χ1n) is 8.25. The van der Waals surface area contributed by atoms with E-state index in [2.05, 4.69) is 15.6 Å². The lowest BCUT2D eigenvalue weighted by molar-refractivity contribution is -0.127. The minimum atomic E-state index is -0.734. The van der Waals surface area contributed by atoms with Gasteiger partial charge >= 0.3 is 0 Å². The first kappa shape index (κ1) is 17.9. The second kappa shape index (κ2) is 8.45. The van der Waals surface area contributed by atoms with E-state index in [0.717, 1.165) is 11.3 Å². The van der Waals surface area contributed by atoms with Crippen LogP contribution in [0.15, 0.2) is 72.1 Å². The number of hydrazone groups is 1. The van der Waals surface area contributed by atoms with Crippen LogP contribution < -0.4 is 10.2 Å². The van der Waals surface area contributed by atoms with E-state index in [4.69, 9.17) is 10.00 Å². The second-order valence-electron chi connectivity index (χ2n) is 5.68. The first-order chi connectivity index (χ1) is 13.2. The molecule has 2 aromatic carbocycles. The third-order valence-electron chi connectivity index (χ3n) is 3.68. The van der Waals surface area contributed by atoms with Crippen molar-refractivity contribution in [3.05, 3.63) is 78.1 Å². The van der Waals surface area contributed by atoms with E-state index < -0.39 is 6.10 Å². The smallest absolute Gasteiger partial charge is 0.280 e. The molecule has 7 nitrogen and oxygen atoms in total. The van der Waals surface area contributed by atoms with Crippen molar-refractivity contribution in [1.29, 1.82) is 5.26 Å². The van der Waals surface area contributed by atoms with Gasteiger partial charge in [-0.2, -0.15) is 15.5 Å². The van der Waals surface area contributed by atoms with Crippen molar-refractivity contribution < 1.29 is 9.53 Å². The Morgan fingerprint density at radius 1 is 1.26 bits per heavy atom. The highest BCUT2D eigenvalue weighted by Crippen LogP contribution is 2.13. The molecule has 0 radical (unpaired) electrons. The second-order valence-corrected chi connectivity index (χ2v) is 5.68. The Bertz CT molecular complexity index is 972. The van der Waals surface area contributed by atoms with Crippen LogP contribution in [0.5, 0.6) is 5.75 Å². The van der Waals surface area contributed by atoms with E-state index in [9.17, 15) is 4.79 Å². The Kier molecular flexibility index (Phi) is 5.60. The molecule has 1 amide bonds. The summed E-state index contributed by atoms with van der Waals surface area (Å²) >= 11 is 0. The molecule has 1 atom stereocenters. The zero-order chi connectivity index (χ0) is 19.1. The largest absolute Gasteiger partial charge is 0.481 e. The predicted molar refractivity (Wildman–Crippen MR) is 101 cm³/mol. The van der Waals surface area contributed by atoms with Crippen LogP contribution >= 0.6 is 0 Å². The van der Waals surface area contributed by atoms with Crippen molar-refractivity contribution in [1.82, 2.24) is 15.2 Å². The highest BCUT2D eigenvalue weighted by atomic mass is 16.5. The average Bonchev–Trinajstić information content (AvgIpc) is 3.18. The maximum atomic E-state index is 12.1. The summed E-state index contributed by atoms with van der Waals surface area (Å²) in [6.45, 7) is 1.62. The Morgan fingerprint density at radius 3 is 2.70 bits per heavy atom. The number of aromatic nitrogens is 2. The molecular formula is C20H17N5O2. The number of nitrogens with zero attached hydrogens (tertiary/aromatic N) is 4. The van der Waals surface area contributed by atoms with E-state index in [-0.39, 0.29) is 5.91 Å². The monoisotopic (exact) mass is 359 g/mol. The van der Waals surface area contributed by atoms with Gasteiger partial charge in [0.15, 0.2) is 6.10 Å². The minimum Gasteiger partial charge on any atom is -0.481 e. The number of benzene rings is 2. The Labute approximate surface area is 156 Å². The fourth-order valence-corrected chi connectivity index (χ4v) is 2.25. The van der Waals surface area contributed by atoms with E-state index in [1.807, 2.05) is 42.6 Å². The number of carbonyl (C=O) groups excluding carboxylic acids is 1. The van der Waals surface area contributed by atoms with Crippen LogP contribution in [0.2, 0.25) is 0 Å². The molecule has 3 aromatic rings. The van der Waals surface area contributed by atoms with Crippen LogP contribution in [0.1, 0.15) is 18.1 Å². The number of carbonyl (C=O) groups is 1. The van der Waals surface area contributed by atoms with Crippen LogP contribution in [0.3, 0.4) is 0 Å². The zero-order valence-corrected chi connectivity index (χ0v) is 14.6. The summed E-state index contributed by atoms with van der Waals surface area (Å²) in [7, 11) is 0. The molecule has 0 aliphatic rings. The molecule has 1 N–H and O–H groups in total. The molecule has 0 saturated carbocycles. The van der Waals surface area contributed by atoms with Gasteiger partial charge in [0.2, 0.25) is 0 Å². The van der Waals surface area contributed by atoms with E-state index in [1.54, 1.807) is 42.1 Å². The first-order valence-corrected chi connectivity index (χ1v) is 8.25. The Hall–Kier alpha value is -3.92. The third-order valence-corrected chi connectivity index (χ3v) is 3.68. The number of amides is 1. The predicted octanol–water partition coefficient (Wildman–Crippen LogP) is 2.66. The van der Waals surface area contributed by atoms with E-state index >= 15 is 0 Å². The molecule has 0 aliphatic heterocycles. The summed E-state index contributed by atoms with van der Waals surface area (Å²) in [5.41, 5.74) is 4.65. The number of hydrogen-bond acceptors (Lipinski definition) is 5. The standard InChI is InChI=1S/C20H17N5O2/c1-15(27-19-9-7-16(11-21)8-10-19)20(26)24-22-12-17-13-23-25(14-17)18-5-3-2-4-6-18/h2-10,12-15H,1H3,(H,24,26)/b22-12-/t15-/m0/s1. The number of nitrogens with one attached hydrogen (secondary N) is 1. The molecule has 0 saturated heterocycles. The van der Waals surface area contributed by atoms with Crippen molar-refractivity contribution in [2.45, 2.75) is 13.0 Å². The van der Waals surface area contributed by atoms with Crippen LogP contribution in [0.4, 0.5) is 0 Å². The van der Waals surface area contributed by atoms with Gasteiger partial charge in [0.25, 0.3) is 5.91 Å². The molecule has 1 heterocycles. The molecule has 0 spiro atoms. The zero-order valence-electron chi connectivity index (χ0n) is 14.6. The molecule has 0 fully saturated rings. The molecule has 3 rings (SSSR count). The maximum Gasteiger partial charge on any atom is 0.280 e. The molecule has 134 valence electrons. The van der Waals surface area contributed by atoms with Crippen molar-refractivity contribution in [3.8, 4) is 17.5 Å². The summed E-state index contributed by atoms with van der Waals surface area (Å²) < 4.78 is 7.25.